The number of urea groups is 1. The summed E-state index contributed by atoms with van der Waals surface area (Å²) in [5.41, 5.74) is 8.07. The zero-order chi connectivity index (χ0) is 23.5. The van der Waals surface area contributed by atoms with E-state index in [1.807, 2.05) is 65.3 Å². The number of hydrogen-bond acceptors (Lipinski definition) is 2. The maximum Gasteiger partial charge on any atom is 0.324 e. The molecule has 5 heteroatoms. The Morgan fingerprint density at radius 2 is 1.55 bits per heavy atom. The minimum Gasteiger partial charge on any atom is -0.322 e. The molecule has 0 bridgehead atoms. The molecule has 1 aliphatic heterocycles. The molecular weight excluding hydrogens is 410 g/mol. The largest absolute Gasteiger partial charge is 0.324 e. The van der Waals surface area contributed by atoms with Crippen molar-refractivity contribution in [2.45, 2.75) is 40.7 Å². The van der Waals surface area contributed by atoms with E-state index in [2.05, 4.69) is 38.2 Å². The highest BCUT2D eigenvalue weighted by molar-refractivity contribution is 6.05. The number of carbonyl (C=O) groups is 2. The maximum atomic E-state index is 13.3. The maximum absolute atomic E-state index is 13.3. The third-order valence-electron chi connectivity index (χ3n) is 6.33. The molecule has 3 amide bonds. The van der Waals surface area contributed by atoms with Crippen LogP contribution in [0.5, 0.6) is 0 Å². The molecule has 3 aromatic carbocycles. The van der Waals surface area contributed by atoms with Gasteiger partial charge in [-0.15, -0.1) is 0 Å². The van der Waals surface area contributed by atoms with Gasteiger partial charge in [0.2, 0.25) is 0 Å². The Bertz CT molecular complexity index is 1160. The molecule has 0 saturated carbocycles. The average molecular weight is 442 g/mol. The zero-order valence-electron chi connectivity index (χ0n) is 19.8. The molecule has 0 radical (unpaired) electrons. The molecule has 1 saturated heterocycles. The van der Waals surface area contributed by atoms with Crippen molar-refractivity contribution in [3.63, 3.8) is 0 Å². The normalized spacial score (nSPS) is 13.9. The van der Waals surface area contributed by atoms with Crippen LogP contribution in [0.3, 0.4) is 0 Å². The lowest BCUT2D eigenvalue weighted by Gasteiger charge is -2.36. The summed E-state index contributed by atoms with van der Waals surface area (Å²) in [7, 11) is 0. The van der Waals surface area contributed by atoms with E-state index < -0.39 is 0 Å². The number of aryl methyl sites for hydroxylation is 4. The van der Waals surface area contributed by atoms with Gasteiger partial charge in [0, 0.05) is 36.6 Å². The summed E-state index contributed by atoms with van der Waals surface area (Å²) >= 11 is 0. The van der Waals surface area contributed by atoms with Crippen LogP contribution in [0.4, 0.5) is 16.2 Å². The number of amides is 3. The summed E-state index contributed by atoms with van der Waals surface area (Å²) < 4.78 is 0. The van der Waals surface area contributed by atoms with Gasteiger partial charge < -0.3 is 10.2 Å². The monoisotopic (exact) mass is 441 g/mol. The van der Waals surface area contributed by atoms with Crippen molar-refractivity contribution in [1.82, 2.24) is 4.90 Å². The third-order valence-corrected chi connectivity index (χ3v) is 6.33. The van der Waals surface area contributed by atoms with Crippen molar-refractivity contribution in [3.8, 4) is 0 Å². The molecule has 0 spiro atoms. The molecule has 33 heavy (non-hydrogen) atoms. The first kappa shape index (κ1) is 22.6. The van der Waals surface area contributed by atoms with Crippen molar-refractivity contribution in [1.29, 1.82) is 0 Å². The van der Waals surface area contributed by atoms with Crippen LogP contribution in [-0.4, -0.2) is 29.9 Å². The van der Waals surface area contributed by atoms with Crippen LogP contribution in [0.15, 0.2) is 60.7 Å². The lowest BCUT2D eigenvalue weighted by molar-refractivity contribution is 0.102. The predicted molar refractivity (Wildman–Crippen MR) is 134 cm³/mol. The predicted octanol–water partition coefficient (Wildman–Crippen LogP) is 6.00. The number of rotatable bonds is 5. The van der Waals surface area contributed by atoms with E-state index in [0.717, 1.165) is 24.2 Å². The molecule has 1 aliphatic rings. The van der Waals surface area contributed by atoms with Gasteiger partial charge >= 0.3 is 6.03 Å². The van der Waals surface area contributed by atoms with Crippen LogP contribution >= 0.6 is 0 Å². The number of nitrogens with one attached hydrogen (secondary N) is 1. The summed E-state index contributed by atoms with van der Waals surface area (Å²) in [6.45, 7) is 10.3. The fourth-order valence-electron chi connectivity index (χ4n) is 4.57. The summed E-state index contributed by atoms with van der Waals surface area (Å²) in [4.78, 5) is 29.6. The fourth-order valence-corrected chi connectivity index (χ4v) is 4.57. The van der Waals surface area contributed by atoms with E-state index >= 15 is 0 Å². The second kappa shape index (κ2) is 9.49. The standard InChI is InChI=1S/C28H31N3O2/c1-19-16-21(3)26(22(4)17-19)18-30-14-7-15-31(28(30)33)24-12-10-23(11-13-24)29-27(32)25-9-6-5-8-20(25)2/h5-6,8-13,16-17H,7,14-15,18H2,1-4H3,(H,29,32). The van der Waals surface area contributed by atoms with Crippen molar-refractivity contribution in [2.24, 2.45) is 0 Å². The Balaban J connectivity index is 1.46. The van der Waals surface area contributed by atoms with Crippen LogP contribution < -0.4 is 10.2 Å². The fraction of sp³-hybridized carbons (Fsp3) is 0.286. The smallest absolute Gasteiger partial charge is 0.322 e. The number of hydrogen-bond donors (Lipinski definition) is 1. The van der Waals surface area contributed by atoms with E-state index in [1.54, 1.807) is 0 Å². The van der Waals surface area contributed by atoms with Crippen LogP contribution in [0.1, 0.15) is 44.6 Å². The molecule has 0 unspecified atom stereocenters. The van der Waals surface area contributed by atoms with Crippen LogP contribution in [0.2, 0.25) is 0 Å². The SMILES string of the molecule is Cc1cc(C)c(CN2CCCN(c3ccc(NC(=O)c4ccccc4C)cc3)C2=O)c(C)c1. The lowest BCUT2D eigenvalue weighted by atomic mass is 9.99. The molecule has 5 nitrogen and oxygen atoms in total. The summed E-state index contributed by atoms with van der Waals surface area (Å²) in [6.07, 6.45) is 0.918. The number of anilines is 2. The molecule has 1 N–H and O–H groups in total. The molecule has 0 aliphatic carbocycles. The zero-order valence-corrected chi connectivity index (χ0v) is 19.8. The van der Waals surface area contributed by atoms with Gasteiger partial charge in [0.05, 0.1) is 0 Å². The third kappa shape index (κ3) is 4.92. The Kier molecular flexibility index (Phi) is 6.50. The average Bonchev–Trinajstić information content (AvgIpc) is 2.78. The van der Waals surface area contributed by atoms with Crippen molar-refractivity contribution in [3.05, 3.63) is 94.0 Å². The molecule has 170 valence electrons. The number of nitrogens with zero attached hydrogens (tertiary/aromatic N) is 2. The van der Waals surface area contributed by atoms with Gasteiger partial charge in [0.1, 0.15) is 0 Å². The topological polar surface area (TPSA) is 52.6 Å². The second-order valence-corrected chi connectivity index (χ2v) is 8.90. The van der Waals surface area contributed by atoms with E-state index in [9.17, 15) is 9.59 Å². The highest BCUT2D eigenvalue weighted by Gasteiger charge is 2.27. The highest BCUT2D eigenvalue weighted by atomic mass is 16.2. The molecule has 0 aromatic heterocycles. The first-order valence-electron chi connectivity index (χ1n) is 11.4. The van der Waals surface area contributed by atoms with Crippen molar-refractivity contribution >= 4 is 23.3 Å². The quantitative estimate of drug-likeness (QED) is 0.528. The summed E-state index contributed by atoms with van der Waals surface area (Å²) in [5, 5.41) is 2.95. The van der Waals surface area contributed by atoms with E-state index in [-0.39, 0.29) is 11.9 Å². The summed E-state index contributed by atoms with van der Waals surface area (Å²) in [6, 6.07) is 19.4. The lowest BCUT2D eigenvalue weighted by Crippen LogP contribution is -2.49. The number of benzene rings is 3. The van der Waals surface area contributed by atoms with Gasteiger partial charge in [0.25, 0.3) is 5.91 Å². The van der Waals surface area contributed by atoms with Crippen LogP contribution in [-0.2, 0) is 6.54 Å². The molecule has 3 aromatic rings. The Morgan fingerprint density at radius 1 is 0.879 bits per heavy atom. The van der Waals surface area contributed by atoms with Crippen molar-refractivity contribution in [2.75, 3.05) is 23.3 Å². The van der Waals surface area contributed by atoms with Crippen LogP contribution in [0, 0.1) is 27.7 Å². The van der Waals surface area contributed by atoms with Gasteiger partial charge in [-0.05, 0) is 86.7 Å². The Labute approximate surface area is 196 Å². The molecule has 1 fully saturated rings. The van der Waals surface area contributed by atoms with Gasteiger partial charge in [0.15, 0.2) is 0 Å². The minimum absolute atomic E-state index is 0.0253. The molecular formula is C28H31N3O2. The second-order valence-electron chi connectivity index (χ2n) is 8.90. The summed E-state index contributed by atoms with van der Waals surface area (Å²) in [5.74, 6) is -0.134. The minimum atomic E-state index is -0.134. The van der Waals surface area contributed by atoms with Gasteiger partial charge in [-0.2, -0.15) is 0 Å². The van der Waals surface area contributed by atoms with E-state index in [4.69, 9.17) is 0 Å². The van der Waals surface area contributed by atoms with Crippen LogP contribution in [0.25, 0.3) is 0 Å². The van der Waals surface area contributed by atoms with E-state index in [1.165, 1.54) is 22.3 Å². The first-order valence-corrected chi connectivity index (χ1v) is 11.4. The highest BCUT2D eigenvalue weighted by Crippen LogP contribution is 2.25. The molecule has 4 rings (SSSR count). The van der Waals surface area contributed by atoms with Gasteiger partial charge in [-0.3, -0.25) is 9.69 Å². The molecule has 1 heterocycles. The Morgan fingerprint density at radius 3 is 2.21 bits per heavy atom. The Hall–Kier alpha value is -3.60. The van der Waals surface area contributed by atoms with Gasteiger partial charge in [-0.1, -0.05) is 35.9 Å². The first-order chi connectivity index (χ1) is 15.8. The van der Waals surface area contributed by atoms with E-state index in [0.29, 0.717) is 24.3 Å². The van der Waals surface area contributed by atoms with Gasteiger partial charge in [-0.25, -0.2) is 4.79 Å². The van der Waals surface area contributed by atoms with Crippen molar-refractivity contribution < 1.29 is 9.59 Å². The molecule has 0 atom stereocenters. The number of carbonyl (C=O) groups excluding carboxylic acids is 2.